The predicted octanol–water partition coefficient (Wildman–Crippen LogP) is 2.89. The number of hydrogen-bond acceptors (Lipinski definition) is 4. The number of aromatic nitrogens is 1. The third-order valence-corrected chi connectivity index (χ3v) is 4.79. The minimum absolute atomic E-state index is 0.278. The van der Waals surface area contributed by atoms with Crippen LogP contribution in [0.3, 0.4) is 0 Å². The van der Waals surface area contributed by atoms with Gasteiger partial charge in [-0.05, 0) is 49.4 Å². The number of carbonyl (C=O) groups is 2. The molecular weight excluding hydrogens is 340 g/mol. The number of anilines is 2. The molecule has 3 rings (SSSR count). The molecule has 0 radical (unpaired) electrons. The Bertz CT molecular complexity index is 783. The lowest BCUT2D eigenvalue weighted by Crippen LogP contribution is -2.36. The average Bonchev–Trinajstić information content (AvgIpc) is 2.73. The highest BCUT2D eigenvalue weighted by Crippen LogP contribution is 2.21. The lowest BCUT2D eigenvalue weighted by molar-refractivity contribution is -0.136. The van der Waals surface area contributed by atoms with Crippen LogP contribution in [-0.4, -0.2) is 29.9 Å². The van der Waals surface area contributed by atoms with Crippen LogP contribution in [0.1, 0.15) is 37.3 Å². The number of piperidine rings is 1. The van der Waals surface area contributed by atoms with Crippen molar-refractivity contribution in [2.24, 2.45) is 0 Å². The maximum atomic E-state index is 12.2. The first kappa shape index (κ1) is 18.9. The molecule has 1 aromatic heterocycles. The summed E-state index contributed by atoms with van der Waals surface area (Å²) < 4.78 is 0. The normalized spacial score (nSPS) is 13.9. The Balaban J connectivity index is 1.57. The van der Waals surface area contributed by atoms with E-state index >= 15 is 0 Å². The summed E-state index contributed by atoms with van der Waals surface area (Å²) in [5, 5.41) is 5.33. The monoisotopic (exact) mass is 366 g/mol. The number of carbonyl (C=O) groups excluding carboxylic acids is 2. The van der Waals surface area contributed by atoms with Gasteiger partial charge in [-0.15, -0.1) is 0 Å². The Kier molecular flexibility index (Phi) is 6.41. The molecule has 0 saturated carbocycles. The molecule has 1 aromatic carbocycles. The molecule has 6 nitrogen and oxygen atoms in total. The Morgan fingerprint density at radius 3 is 2.48 bits per heavy atom. The van der Waals surface area contributed by atoms with Crippen molar-refractivity contribution in [3.63, 3.8) is 0 Å². The van der Waals surface area contributed by atoms with Gasteiger partial charge in [0.15, 0.2) is 0 Å². The van der Waals surface area contributed by atoms with Crippen molar-refractivity contribution in [2.45, 2.75) is 39.2 Å². The number of aryl methyl sites for hydroxylation is 1. The van der Waals surface area contributed by atoms with E-state index in [1.807, 2.05) is 24.3 Å². The van der Waals surface area contributed by atoms with Gasteiger partial charge in [0.25, 0.3) is 0 Å². The maximum absolute atomic E-state index is 12.2. The smallest absolute Gasteiger partial charge is 0.313 e. The molecule has 2 aromatic rings. The second-order valence-electron chi connectivity index (χ2n) is 6.72. The molecule has 0 atom stereocenters. The largest absolute Gasteiger partial charge is 0.356 e. The fraction of sp³-hybridized carbons (Fsp3) is 0.381. The third kappa shape index (κ3) is 5.06. The fourth-order valence-corrected chi connectivity index (χ4v) is 3.23. The van der Waals surface area contributed by atoms with Crippen molar-refractivity contribution in [3.8, 4) is 0 Å². The highest BCUT2D eigenvalue weighted by Gasteiger charge is 2.18. The van der Waals surface area contributed by atoms with Gasteiger partial charge in [-0.25, -0.2) is 4.98 Å². The average molecular weight is 366 g/mol. The molecule has 0 aliphatic carbocycles. The lowest BCUT2D eigenvalue weighted by Gasteiger charge is -2.29. The van der Waals surface area contributed by atoms with Crippen LogP contribution in [0.25, 0.3) is 0 Å². The number of rotatable bonds is 5. The molecule has 0 spiro atoms. The number of hydrogen-bond donors (Lipinski definition) is 2. The van der Waals surface area contributed by atoms with Crippen molar-refractivity contribution in [1.29, 1.82) is 0 Å². The topological polar surface area (TPSA) is 74.3 Å². The summed E-state index contributed by atoms with van der Waals surface area (Å²) in [5.41, 5.74) is 2.72. The van der Waals surface area contributed by atoms with E-state index in [-0.39, 0.29) is 6.54 Å². The van der Waals surface area contributed by atoms with Gasteiger partial charge in [0.1, 0.15) is 5.82 Å². The van der Waals surface area contributed by atoms with Gasteiger partial charge in [-0.2, -0.15) is 0 Å². The zero-order chi connectivity index (χ0) is 19.1. The molecule has 2 N–H and O–H groups in total. The predicted molar refractivity (Wildman–Crippen MR) is 107 cm³/mol. The molecular formula is C21H26N4O2. The lowest BCUT2D eigenvalue weighted by atomic mass is 10.1. The minimum Gasteiger partial charge on any atom is -0.356 e. The molecule has 142 valence electrons. The van der Waals surface area contributed by atoms with Crippen LogP contribution < -0.4 is 15.5 Å². The molecule has 1 fully saturated rings. The second-order valence-corrected chi connectivity index (χ2v) is 6.72. The van der Waals surface area contributed by atoms with E-state index in [4.69, 9.17) is 0 Å². The molecule has 2 heterocycles. The van der Waals surface area contributed by atoms with Crippen LogP contribution >= 0.6 is 0 Å². The van der Waals surface area contributed by atoms with Gasteiger partial charge in [-0.1, -0.05) is 25.1 Å². The van der Waals surface area contributed by atoms with Crippen molar-refractivity contribution in [3.05, 3.63) is 53.7 Å². The van der Waals surface area contributed by atoms with Crippen LogP contribution in [0.2, 0.25) is 0 Å². The van der Waals surface area contributed by atoms with Gasteiger partial charge in [-0.3, -0.25) is 9.59 Å². The van der Waals surface area contributed by atoms with E-state index in [1.54, 1.807) is 18.3 Å². The zero-order valence-corrected chi connectivity index (χ0v) is 15.7. The van der Waals surface area contributed by atoms with Gasteiger partial charge >= 0.3 is 11.8 Å². The standard InChI is InChI=1S/C21H26N4O2/c1-2-16-8-10-18(11-9-16)24-21(27)20(26)23-15-17-7-6-12-22-19(17)25-13-4-3-5-14-25/h6-12H,2-5,13-15H2,1H3,(H,23,26)(H,24,27). The van der Waals surface area contributed by atoms with Crippen molar-refractivity contribution >= 4 is 23.3 Å². The van der Waals surface area contributed by atoms with Gasteiger partial charge in [0.2, 0.25) is 0 Å². The van der Waals surface area contributed by atoms with E-state index < -0.39 is 11.8 Å². The molecule has 6 heteroatoms. The summed E-state index contributed by atoms with van der Waals surface area (Å²) in [4.78, 5) is 31.0. The summed E-state index contributed by atoms with van der Waals surface area (Å²) in [7, 11) is 0. The molecule has 1 saturated heterocycles. The first-order chi connectivity index (χ1) is 13.2. The summed E-state index contributed by atoms with van der Waals surface area (Å²) in [5.74, 6) is -0.418. The van der Waals surface area contributed by atoms with E-state index in [0.717, 1.165) is 43.7 Å². The summed E-state index contributed by atoms with van der Waals surface area (Å²) in [6.45, 7) is 4.30. The SMILES string of the molecule is CCc1ccc(NC(=O)C(=O)NCc2cccnc2N2CCCCC2)cc1. The van der Waals surface area contributed by atoms with Gasteiger partial charge in [0, 0.05) is 37.1 Å². The van der Waals surface area contributed by atoms with E-state index in [2.05, 4.69) is 27.4 Å². The third-order valence-electron chi connectivity index (χ3n) is 4.79. The highest BCUT2D eigenvalue weighted by molar-refractivity contribution is 6.39. The Morgan fingerprint density at radius 1 is 1.04 bits per heavy atom. The molecule has 1 aliphatic rings. The Morgan fingerprint density at radius 2 is 1.78 bits per heavy atom. The van der Waals surface area contributed by atoms with Crippen molar-refractivity contribution in [2.75, 3.05) is 23.3 Å². The van der Waals surface area contributed by atoms with Gasteiger partial charge in [0.05, 0.1) is 0 Å². The van der Waals surface area contributed by atoms with Crippen LogP contribution in [0.4, 0.5) is 11.5 Å². The zero-order valence-electron chi connectivity index (χ0n) is 15.7. The van der Waals surface area contributed by atoms with E-state index in [0.29, 0.717) is 5.69 Å². The summed E-state index contributed by atoms with van der Waals surface area (Å²) >= 11 is 0. The molecule has 0 unspecified atom stereocenters. The number of amides is 2. The van der Waals surface area contributed by atoms with Crippen LogP contribution in [0.5, 0.6) is 0 Å². The molecule has 27 heavy (non-hydrogen) atoms. The highest BCUT2D eigenvalue weighted by atomic mass is 16.2. The quantitative estimate of drug-likeness (QED) is 0.798. The number of benzene rings is 1. The van der Waals surface area contributed by atoms with Crippen molar-refractivity contribution < 1.29 is 9.59 Å². The Hall–Kier alpha value is -2.89. The van der Waals surface area contributed by atoms with Crippen LogP contribution in [0, 0.1) is 0 Å². The first-order valence-electron chi connectivity index (χ1n) is 9.54. The molecule has 1 aliphatic heterocycles. The van der Waals surface area contributed by atoms with Crippen LogP contribution in [-0.2, 0) is 22.6 Å². The summed E-state index contributed by atoms with van der Waals surface area (Å²) in [6, 6.07) is 11.3. The number of nitrogens with zero attached hydrogens (tertiary/aromatic N) is 2. The number of pyridine rings is 1. The number of nitrogens with one attached hydrogen (secondary N) is 2. The maximum Gasteiger partial charge on any atom is 0.313 e. The Labute approximate surface area is 160 Å². The fourth-order valence-electron chi connectivity index (χ4n) is 3.23. The molecule has 0 bridgehead atoms. The minimum atomic E-state index is -0.664. The molecule has 2 amide bonds. The van der Waals surface area contributed by atoms with Crippen LogP contribution in [0.15, 0.2) is 42.6 Å². The first-order valence-corrected chi connectivity index (χ1v) is 9.54. The second kappa shape index (κ2) is 9.16. The van der Waals surface area contributed by atoms with E-state index in [1.165, 1.54) is 12.0 Å². The van der Waals surface area contributed by atoms with Crippen molar-refractivity contribution in [1.82, 2.24) is 10.3 Å². The summed E-state index contributed by atoms with van der Waals surface area (Å²) in [6.07, 6.45) is 6.25. The van der Waals surface area contributed by atoms with Gasteiger partial charge < -0.3 is 15.5 Å². The van der Waals surface area contributed by atoms with E-state index in [9.17, 15) is 9.59 Å².